The van der Waals surface area contributed by atoms with Gasteiger partial charge in [0.05, 0.1) is 0 Å². The van der Waals surface area contributed by atoms with Gasteiger partial charge in [0, 0.05) is 36.3 Å². The van der Waals surface area contributed by atoms with Crippen molar-refractivity contribution in [2.24, 2.45) is 0 Å². The van der Waals surface area contributed by atoms with Crippen LogP contribution in [0.3, 0.4) is 0 Å². The van der Waals surface area contributed by atoms with Crippen molar-refractivity contribution in [1.82, 2.24) is 15.1 Å². The van der Waals surface area contributed by atoms with Gasteiger partial charge in [-0.05, 0) is 43.5 Å². The number of H-pyrrole nitrogens is 1. The molecule has 3 aromatic rings. The van der Waals surface area contributed by atoms with E-state index in [2.05, 4.69) is 10.2 Å². The van der Waals surface area contributed by atoms with Gasteiger partial charge in [0.25, 0.3) is 5.91 Å². The van der Waals surface area contributed by atoms with Gasteiger partial charge in [0.1, 0.15) is 5.75 Å². The van der Waals surface area contributed by atoms with Crippen molar-refractivity contribution in [2.75, 3.05) is 13.1 Å². The van der Waals surface area contributed by atoms with Gasteiger partial charge >= 0.3 is 0 Å². The first-order valence-corrected chi connectivity index (χ1v) is 9.34. The number of ether oxygens (including phenoxy) is 1. The van der Waals surface area contributed by atoms with Crippen LogP contribution in [-0.2, 0) is 0 Å². The van der Waals surface area contributed by atoms with Gasteiger partial charge in [-0.25, -0.2) is 0 Å². The first kappa shape index (κ1) is 17.3. The van der Waals surface area contributed by atoms with E-state index in [9.17, 15) is 4.79 Å². The summed E-state index contributed by atoms with van der Waals surface area (Å²) in [6, 6.07) is 19.3. The fraction of sp³-hybridized carbons (Fsp3) is 0.273. The van der Waals surface area contributed by atoms with Crippen molar-refractivity contribution in [3.8, 4) is 11.6 Å². The number of amides is 1. The number of carbonyl (C=O) groups is 1. The average molecular weight is 361 g/mol. The fourth-order valence-electron chi connectivity index (χ4n) is 3.59. The van der Waals surface area contributed by atoms with E-state index in [0.717, 1.165) is 42.0 Å². The molecule has 0 aliphatic carbocycles. The molecule has 1 atom stereocenters. The molecular weight excluding hydrogens is 338 g/mol. The Kier molecular flexibility index (Phi) is 4.92. The third-order valence-electron chi connectivity index (χ3n) is 5.06. The quantitative estimate of drug-likeness (QED) is 0.743. The van der Waals surface area contributed by atoms with Gasteiger partial charge in [0.15, 0.2) is 0 Å². The van der Waals surface area contributed by atoms with Crippen LogP contribution in [-0.4, -0.2) is 34.1 Å². The maximum atomic E-state index is 12.9. The van der Waals surface area contributed by atoms with E-state index >= 15 is 0 Å². The number of benzene rings is 2. The molecule has 1 aliphatic rings. The largest absolute Gasteiger partial charge is 0.438 e. The molecule has 0 unspecified atom stereocenters. The number of aromatic amines is 1. The molecule has 0 radical (unpaired) electrons. The second kappa shape index (κ2) is 7.66. The van der Waals surface area contributed by atoms with E-state index < -0.39 is 0 Å². The highest BCUT2D eigenvalue weighted by Gasteiger charge is 2.27. The summed E-state index contributed by atoms with van der Waals surface area (Å²) >= 11 is 0. The van der Waals surface area contributed by atoms with Gasteiger partial charge in [-0.2, -0.15) is 0 Å². The zero-order valence-corrected chi connectivity index (χ0v) is 15.4. The van der Waals surface area contributed by atoms with Crippen LogP contribution in [0, 0.1) is 6.92 Å². The molecule has 5 heteroatoms. The van der Waals surface area contributed by atoms with Gasteiger partial charge < -0.3 is 9.64 Å². The van der Waals surface area contributed by atoms with Crippen LogP contribution in [0.4, 0.5) is 0 Å². The normalized spacial score (nSPS) is 16.9. The number of nitrogens with zero attached hydrogens (tertiary/aromatic N) is 2. The molecule has 27 heavy (non-hydrogen) atoms. The molecule has 1 fully saturated rings. The molecule has 1 N–H and O–H groups in total. The van der Waals surface area contributed by atoms with Gasteiger partial charge in [-0.15, -0.1) is 5.10 Å². The van der Waals surface area contributed by atoms with Gasteiger partial charge in [-0.3, -0.25) is 9.89 Å². The Balaban J connectivity index is 1.46. The molecule has 5 nitrogen and oxygen atoms in total. The summed E-state index contributed by atoms with van der Waals surface area (Å²) in [7, 11) is 0. The van der Waals surface area contributed by atoms with Crippen molar-refractivity contribution in [3.05, 3.63) is 77.5 Å². The lowest BCUT2D eigenvalue weighted by atomic mass is 9.94. The fourth-order valence-corrected chi connectivity index (χ4v) is 3.59. The SMILES string of the molecule is Cc1ccccc1C(=O)N1CCC[C@H](c2cc(Oc3ccccc3)n[nH]2)C1. The number of piperidine rings is 1. The van der Waals surface area contributed by atoms with E-state index in [1.807, 2.05) is 72.5 Å². The van der Waals surface area contributed by atoms with Crippen LogP contribution in [0.5, 0.6) is 11.6 Å². The Hall–Kier alpha value is -3.08. The third kappa shape index (κ3) is 3.87. The summed E-state index contributed by atoms with van der Waals surface area (Å²) in [6.45, 7) is 3.47. The Morgan fingerprint density at radius 1 is 1.15 bits per heavy atom. The number of aryl methyl sites for hydroxylation is 1. The van der Waals surface area contributed by atoms with Gasteiger partial charge in [-0.1, -0.05) is 36.4 Å². The molecular formula is C22H23N3O2. The summed E-state index contributed by atoms with van der Waals surface area (Å²) in [4.78, 5) is 14.9. The number of para-hydroxylation sites is 1. The smallest absolute Gasteiger partial charge is 0.254 e. The zero-order valence-electron chi connectivity index (χ0n) is 15.4. The molecule has 1 amide bonds. The zero-order chi connectivity index (χ0) is 18.6. The topological polar surface area (TPSA) is 58.2 Å². The minimum Gasteiger partial charge on any atom is -0.438 e. The molecule has 1 saturated heterocycles. The van der Waals surface area contributed by atoms with Crippen molar-refractivity contribution in [2.45, 2.75) is 25.7 Å². The Bertz CT molecular complexity index is 920. The number of hydrogen-bond donors (Lipinski definition) is 1. The minimum absolute atomic E-state index is 0.109. The lowest BCUT2D eigenvalue weighted by Crippen LogP contribution is -2.39. The predicted octanol–water partition coefficient (Wildman–Crippen LogP) is 4.53. The molecule has 2 aromatic carbocycles. The second-order valence-corrected chi connectivity index (χ2v) is 6.98. The van der Waals surface area contributed by atoms with E-state index in [1.54, 1.807) is 0 Å². The van der Waals surface area contributed by atoms with E-state index in [1.165, 1.54) is 0 Å². The standard InChI is InChI=1S/C22H23N3O2/c1-16-8-5-6-12-19(16)22(26)25-13-7-9-17(15-25)20-14-21(24-23-20)27-18-10-3-2-4-11-18/h2-6,8,10-12,14,17H,7,9,13,15H2,1H3,(H,23,24)/t17-/m0/s1. The van der Waals surface area contributed by atoms with Crippen molar-refractivity contribution in [1.29, 1.82) is 0 Å². The predicted molar refractivity (Wildman–Crippen MR) is 104 cm³/mol. The Morgan fingerprint density at radius 3 is 2.74 bits per heavy atom. The monoisotopic (exact) mass is 361 g/mol. The maximum absolute atomic E-state index is 12.9. The summed E-state index contributed by atoms with van der Waals surface area (Å²) < 4.78 is 5.79. The lowest BCUT2D eigenvalue weighted by Gasteiger charge is -2.32. The van der Waals surface area contributed by atoms with Crippen molar-refractivity contribution < 1.29 is 9.53 Å². The first-order valence-electron chi connectivity index (χ1n) is 9.34. The van der Waals surface area contributed by atoms with Crippen LogP contribution in [0.25, 0.3) is 0 Å². The van der Waals surface area contributed by atoms with Crippen LogP contribution in [0.1, 0.15) is 40.4 Å². The van der Waals surface area contributed by atoms with Gasteiger partial charge in [0.2, 0.25) is 5.88 Å². The molecule has 0 saturated carbocycles. The first-order chi connectivity index (χ1) is 13.2. The highest BCUT2D eigenvalue weighted by atomic mass is 16.5. The molecule has 138 valence electrons. The summed E-state index contributed by atoms with van der Waals surface area (Å²) in [5.41, 5.74) is 2.82. The Labute approximate surface area is 159 Å². The number of aromatic nitrogens is 2. The second-order valence-electron chi connectivity index (χ2n) is 6.98. The van der Waals surface area contributed by atoms with Crippen molar-refractivity contribution >= 4 is 5.91 Å². The van der Waals surface area contributed by atoms with Crippen molar-refractivity contribution in [3.63, 3.8) is 0 Å². The summed E-state index contributed by atoms with van der Waals surface area (Å²) in [5, 5.41) is 7.37. The summed E-state index contributed by atoms with van der Waals surface area (Å²) in [6.07, 6.45) is 2.01. The van der Waals surface area contributed by atoms with E-state index in [4.69, 9.17) is 4.74 Å². The number of carbonyl (C=O) groups excluding carboxylic acids is 1. The number of nitrogens with one attached hydrogen (secondary N) is 1. The molecule has 1 aromatic heterocycles. The molecule has 1 aliphatic heterocycles. The Morgan fingerprint density at radius 2 is 1.93 bits per heavy atom. The average Bonchev–Trinajstić information content (AvgIpc) is 3.17. The third-order valence-corrected chi connectivity index (χ3v) is 5.06. The summed E-state index contributed by atoms with van der Waals surface area (Å²) in [5.74, 6) is 1.67. The van der Waals surface area contributed by atoms with Crippen LogP contribution in [0.2, 0.25) is 0 Å². The molecule has 0 bridgehead atoms. The lowest BCUT2D eigenvalue weighted by molar-refractivity contribution is 0.0705. The van der Waals surface area contributed by atoms with Crippen LogP contribution < -0.4 is 4.74 Å². The maximum Gasteiger partial charge on any atom is 0.254 e. The van der Waals surface area contributed by atoms with E-state index in [-0.39, 0.29) is 11.8 Å². The number of rotatable bonds is 4. The molecule has 2 heterocycles. The molecule has 4 rings (SSSR count). The minimum atomic E-state index is 0.109. The highest BCUT2D eigenvalue weighted by molar-refractivity contribution is 5.95. The van der Waals surface area contributed by atoms with E-state index in [0.29, 0.717) is 12.4 Å². The van der Waals surface area contributed by atoms with Crippen LogP contribution in [0.15, 0.2) is 60.7 Å². The number of likely N-dealkylation sites (tertiary alicyclic amines) is 1. The molecule has 0 spiro atoms. The van der Waals surface area contributed by atoms with Crippen LogP contribution >= 0.6 is 0 Å². The number of hydrogen-bond acceptors (Lipinski definition) is 3. The highest BCUT2D eigenvalue weighted by Crippen LogP contribution is 2.29.